The van der Waals surface area contributed by atoms with Crippen molar-refractivity contribution in [3.63, 3.8) is 0 Å². The highest BCUT2D eigenvalue weighted by atomic mass is 14.2. The normalized spacial score (nSPS) is 11.4. The minimum absolute atomic E-state index is 1.25. The van der Waals surface area contributed by atoms with Gasteiger partial charge in [0.2, 0.25) is 0 Å². The molecular weight excluding hydrogens is 384 g/mol. The van der Waals surface area contributed by atoms with Gasteiger partial charge in [-0.25, -0.2) is 0 Å². The Bertz CT molecular complexity index is 1610. The zero-order valence-electron chi connectivity index (χ0n) is 18.4. The van der Waals surface area contributed by atoms with E-state index in [2.05, 4.69) is 123 Å². The van der Waals surface area contributed by atoms with Gasteiger partial charge >= 0.3 is 0 Å². The van der Waals surface area contributed by atoms with E-state index in [4.69, 9.17) is 0 Å². The lowest BCUT2D eigenvalue weighted by molar-refractivity contribution is 1.37. The number of hydrogen-bond donors (Lipinski definition) is 0. The fourth-order valence-corrected chi connectivity index (χ4v) is 4.97. The molecule has 0 spiro atoms. The van der Waals surface area contributed by atoms with Gasteiger partial charge in [0.15, 0.2) is 0 Å². The van der Waals surface area contributed by atoms with Crippen LogP contribution in [0.1, 0.15) is 11.1 Å². The third-order valence-electron chi connectivity index (χ3n) is 6.76. The monoisotopic (exact) mass is 408 g/mol. The molecule has 0 aromatic heterocycles. The van der Waals surface area contributed by atoms with Crippen molar-refractivity contribution in [2.24, 2.45) is 0 Å². The van der Waals surface area contributed by atoms with E-state index in [0.29, 0.717) is 0 Å². The molecule has 0 amide bonds. The molecular formula is C32H24. The number of benzene rings is 6. The van der Waals surface area contributed by atoms with Crippen LogP contribution in [0.3, 0.4) is 0 Å². The van der Waals surface area contributed by atoms with Crippen LogP contribution in [0.2, 0.25) is 0 Å². The third kappa shape index (κ3) is 2.92. The van der Waals surface area contributed by atoms with Gasteiger partial charge < -0.3 is 0 Å². The number of fused-ring (bicyclic) bond motifs is 6. The van der Waals surface area contributed by atoms with Crippen molar-refractivity contribution in [3.8, 4) is 22.3 Å². The Kier molecular flexibility index (Phi) is 4.33. The molecule has 32 heavy (non-hydrogen) atoms. The molecule has 0 heteroatoms. The molecule has 152 valence electrons. The van der Waals surface area contributed by atoms with Crippen molar-refractivity contribution >= 4 is 32.3 Å². The van der Waals surface area contributed by atoms with Crippen LogP contribution in [0, 0.1) is 13.8 Å². The van der Waals surface area contributed by atoms with Crippen LogP contribution in [0.25, 0.3) is 54.6 Å². The van der Waals surface area contributed by atoms with Gasteiger partial charge in [-0.05, 0) is 91.7 Å². The molecule has 0 radical (unpaired) electrons. The summed E-state index contributed by atoms with van der Waals surface area (Å²) in [6, 6.07) is 39.9. The van der Waals surface area contributed by atoms with Crippen LogP contribution in [-0.4, -0.2) is 0 Å². The van der Waals surface area contributed by atoms with E-state index in [1.807, 2.05) is 0 Å². The lowest BCUT2D eigenvalue weighted by atomic mass is 9.86. The van der Waals surface area contributed by atoms with Crippen molar-refractivity contribution in [2.45, 2.75) is 13.8 Å². The largest absolute Gasteiger partial charge is 0.0622 e. The summed E-state index contributed by atoms with van der Waals surface area (Å²) in [6.45, 7) is 4.42. The van der Waals surface area contributed by atoms with Crippen LogP contribution >= 0.6 is 0 Å². The minimum Gasteiger partial charge on any atom is -0.0622 e. The van der Waals surface area contributed by atoms with Crippen LogP contribution < -0.4 is 0 Å². The van der Waals surface area contributed by atoms with Crippen molar-refractivity contribution in [3.05, 3.63) is 120 Å². The number of aryl methyl sites for hydroxylation is 2. The smallest absolute Gasteiger partial charge is 0.00922 e. The molecule has 6 rings (SSSR count). The molecule has 0 aliphatic carbocycles. The van der Waals surface area contributed by atoms with Crippen LogP contribution in [0.5, 0.6) is 0 Å². The Morgan fingerprint density at radius 1 is 0.344 bits per heavy atom. The highest BCUT2D eigenvalue weighted by Gasteiger charge is 2.15. The van der Waals surface area contributed by atoms with Crippen molar-refractivity contribution < 1.29 is 0 Å². The average Bonchev–Trinajstić information content (AvgIpc) is 2.85. The molecule has 0 unspecified atom stereocenters. The van der Waals surface area contributed by atoms with Gasteiger partial charge in [0.05, 0.1) is 0 Å². The van der Waals surface area contributed by atoms with E-state index in [-0.39, 0.29) is 0 Å². The van der Waals surface area contributed by atoms with Crippen molar-refractivity contribution in [1.82, 2.24) is 0 Å². The van der Waals surface area contributed by atoms with Gasteiger partial charge in [-0.1, -0.05) is 97.1 Å². The molecule has 0 heterocycles. The second-order valence-electron chi connectivity index (χ2n) is 8.70. The number of hydrogen-bond acceptors (Lipinski definition) is 0. The topological polar surface area (TPSA) is 0 Å². The van der Waals surface area contributed by atoms with E-state index in [9.17, 15) is 0 Å². The SMILES string of the molecule is Cc1cc2c3ccccc3c3cc(-c4ccccc4)c(-c4ccccc4)cc3c2cc1C. The van der Waals surface area contributed by atoms with Crippen LogP contribution in [-0.2, 0) is 0 Å². The summed E-state index contributed by atoms with van der Waals surface area (Å²) in [5.41, 5.74) is 7.72. The fourth-order valence-electron chi connectivity index (χ4n) is 4.97. The molecule has 0 aliphatic rings. The molecule has 0 saturated carbocycles. The maximum atomic E-state index is 2.41. The molecule has 0 atom stereocenters. The van der Waals surface area contributed by atoms with Gasteiger partial charge in [-0.3, -0.25) is 0 Å². The first kappa shape index (κ1) is 18.8. The lowest BCUT2D eigenvalue weighted by Crippen LogP contribution is -1.91. The maximum Gasteiger partial charge on any atom is -0.00922 e. The zero-order valence-corrected chi connectivity index (χ0v) is 18.4. The average molecular weight is 409 g/mol. The predicted molar refractivity (Wildman–Crippen MR) is 139 cm³/mol. The van der Waals surface area contributed by atoms with E-state index in [1.54, 1.807) is 0 Å². The molecule has 0 saturated heterocycles. The Morgan fingerprint density at radius 2 is 0.688 bits per heavy atom. The molecule has 6 aromatic carbocycles. The van der Waals surface area contributed by atoms with Gasteiger partial charge in [0.25, 0.3) is 0 Å². The maximum absolute atomic E-state index is 2.41. The first-order valence-corrected chi connectivity index (χ1v) is 11.2. The Hall–Kier alpha value is -3.90. The van der Waals surface area contributed by atoms with E-state index >= 15 is 0 Å². The van der Waals surface area contributed by atoms with E-state index in [1.165, 1.54) is 65.7 Å². The summed E-state index contributed by atoms with van der Waals surface area (Å²) >= 11 is 0. The Morgan fingerprint density at radius 3 is 1.16 bits per heavy atom. The van der Waals surface area contributed by atoms with Gasteiger partial charge in [0.1, 0.15) is 0 Å². The van der Waals surface area contributed by atoms with Gasteiger partial charge in [-0.15, -0.1) is 0 Å². The Balaban J connectivity index is 1.84. The molecule has 0 aliphatic heterocycles. The van der Waals surface area contributed by atoms with Crippen LogP contribution in [0.15, 0.2) is 109 Å². The lowest BCUT2D eigenvalue weighted by Gasteiger charge is -2.17. The van der Waals surface area contributed by atoms with E-state index in [0.717, 1.165) is 0 Å². The summed E-state index contributed by atoms with van der Waals surface area (Å²) in [6.07, 6.45) is 0. The third-order valence-corrected chi connectivity index (χ3v) is 6.76. The summed E-state index contributed by atoms with van der Waals surface area (Å²) in [5.74, 6) is 0. The highest BCUT2D eigenvalue weighted by molar-refractivity contribution is 6.26. The first-order chi connectivity index (χ1) is 15.7. The standard InChI is InChI=1S/C32H24/c1-21-17-29-25-15-9-10-16-26(25)31-19-27(23-11-5-3-6-12-23)28(24-13-7-4-8-14-24)20-32(31)30(29)18-22(21)2/h3-20H,1-2H3. The number of rotatable bonds is 2. The summed E-state index contributed by atoms with van der Waals surface area (Å²) in [7, 11) is 0. The van der Waals surface area contributed by atoms with Crippen molar-refractivity contribution in [1.29, 1.82) is 0 Å². The molecule has 0 fully saturated rings. The first-order valence-electron chi connectivity index (χ1n) is 11.2. The Labute approximate surface area is 188 Å². The second-order valence-corrected chi connectivity index (χ2v) is 8.70. The quantitative estimate of drug-likeness (QED) is 0.251. The van der Waals surface area contributed by atoms with Gasteiger partial charge in [0, 0.05) is 0 Å². The molecule has 6 aromatic rings. The van der Waals surface area contributed by atoms with Gasteiger partial charge in [-0.2, -0.15) is 0 Å². The zero-order chi connectivity index (χ0) is 21.7. The van der Waals surface area contributed by atoms with Crippen molar-refractivity contribution in [2.75, 3.05) is 0 Å². The summed E-state index contributed by atoms with van der Waals surface area (Å²) < 4.78 is 0. The van der Waals surface area contributed by atoms with Crippen LogP contribution in [0.4, 0.5) is 0 Å². The predicted octanol–water partition coefficient (Wildman–Crippen LogP) is 9.10. The molecule has 0 bridgehead atoms. The minimum atomic E-state index is 1.25. The second kappa shape index (κ2) is 7.35. The summed E-state index contributed by atoms with van der Waals surface area (Å²) in [4.78, 5) is 0. The van der Waals surface area contributed by atoms with E-state index < -0.39 is 0 Å². The molecule has 0 N–H and O–H groups in total. The highest BCUT2D eigenvalue weighted by Crippen LogP contribution is 2.42. The molecule has 0 nitrogen and oxygen atoms in total. The fraction of sp³-hybridized carbons (Fsp3) is 0.0625. The summed E-state index contributed by atoms with van der Waals surface area (Å²) in [5, 5.41) is 7.94.